The Morgan fingerprint density at radius 2 is 1.97 bits per heavy atom. The van der Waals surface area contributed by atoms with Gasteiger partial charge in [0.1, 0.15) is 0 Å². The van der Waals surface area contributed by atoms with Crippen LogP contribution in [0.1, 0.15) is 34.3 Å². The van der Waals surface area contributed by atoms with Gasteiger partial charge in [-0.3, -0.25) is 9.20 Å². The second kappa shape index (κ2) is 7.85. The van der Waals surface area contributed by atoms with E-state index < -0.39 is 0 Å². The molecule has 1 aliphatic rings. The molecule has 0 spiro atoms. The average molecular weight is 419 g/mol. The van der Waals surface area contributed by atoms with Crippen molar-refractivity contribution in [1.29, 1.82) is 0 Å². The van der Waals surface area contributed by atoms with Crippen molar-refractivity contribution in [2.24, 2.45) is 0 Å². The number of rotatable bonds is 5. The summed E-state index contributed by atoms with van der Waals surface area (Å²) >= 11 is 1.63. The molecule has 6 heteroatoms. The summed E-state index contributed by atoms with van der Waals surface area (Å²) in [5.41, 5.74) is 6.45. The number of aryl methyl sites for hydroxylation is 2. The molecule has 1 amide bonds. The summed E-state index contributed by atoms with van der Waals surface area (Å²) in [5, 5.41) is 3.06. The molecule has 30 heavy (non-hydrogen) atoms. The molecule has 4 aromatic rings. The van der Waals surface area contributed by atoms with E-state index in [1.807, 2.05) is 18.2 Å². The monoisotopic (exact) mass is 418 g/mol. The van der Waals surface area contributed by atoms with Gasteiger partial charge in [-0.15, -0.1) is 0 Å². The first-order valence-corrected chi connectivity index (χ1v) is 11.4. The molecule has 0 unspecified atom stereocenters. The van der Waals surface area contributed by atoms with Gasteiger partial charge < -0.3 is 10.2 Å². The molecule has 0 saturated carbocycles. The average Bonchev–Trinajstić information content (AvgIpc) is 3.43. The number of fused-ring (bicyclic) bond motifs is 3. The van der Waals surface area contributed by atoms with Crippen LogP contribution < -0.4 is 5.32 Å². The molecule has 0 bridgehead atoms. The number of carbonyl (C=O) groups is 1. The first-order chi connectivity index (χ1) is 14.6. The molecule has 0 atom stereocenters. The van der Waals surface area contributed by atoms with Crippen LogP contribution in [0.2, 0.25) is 0 Å². The largest absolute Gasteiger partial charge is 0.351 e. The van der Waals surface area contributed by atoms with E-state index in [1.165, 1.54) is 29.5 Å². The lowest BCUT2D eigenvalue weighted by Gasteiger charge is -2.14. The fourth-order valence-corrected chi connectivity index (χ4v) is 5.36. The highest BCUT2D eigenvalue weighted by molar-refractivity contribution is 7.23. The van der Waals surface area contributed by atoms with Crippen molar-refractivity contribution in [3.8, 4) is 11.3 Å². The summed E-state index contributed by atoms with van der Waals surface area (Å²) < 4.78 is 3.21. The predicted octanol–water partition coefficient (Wildman–Crippen LogP) is 4.66. The molecular formula is C24H26N4OS. The molecule has 0 radical (unpaired) electrons. The van der Waals surface area contributed by atoms with Gasteiger partial charge in [0.05, 0.1) is 15.9 Å². The van der Waals surface area contributed by atoms with Crippen LogP contribution in [0.15, 0.2) is 42.6 Å². The molecule has 154 valence electrons. The van der Waals surface area contributed by atoms with E-state index in [2.05, 4.69) is 52.9 Å². The van der Waals surface area contributed by atoms with Gasteiger partial charge in [0.25, 0.3) is 5.91 Å². The lowest BCUT2D eigenvalue weighted by atomic mass is 10.0. The van der Waals surface area contributed by atoms with Crippen molar-refractivity contribution >= 4 is 32.4 Å². The zero-order valence-electron chi connectivity index (χ0n) is 17.4. The van der Waals surface area contributed by atoms with Crippen molar-refractivity contribution < 1.29 is 4.79 Å². The molecule has 2 aromatic heterocycles. The lowest BCUT2D eigenvalue weighted by Crippen LogP contribution is -2.33. The number of thiazole rings is 1. The molecule has 1 aliphatic heterocycles. The zero-order chi connectivity index (χ0) is 20.7. The summed E-state index contributed by atoms with van der Waals surface area (Å²) in [7, 11) is 0. The molecule has 5 nitrogen and oxygen atoms in total. The first-order valence-electron chi connectivity index (χ1n) is 10.6. The minimum atomic E-state index is -0.00175. The van der Waals surface area contributed by atoms with Gasteiger partial charge in [0.2, 0.25) is 0 Å². The molecule has 3 heterocycles. The van der Waals surface area contributed by atoms with E-state index in [0.717, 1.165) is 40.5 Å². The number of aromatic nitrogens is 2. The molecule has 1 N–H and O–H groups in total. The number of nitrogens with one attached hydrogen (secondary N) is 1. The third-order valence-corrected chi connectivity index (χ3v) is 6.94. The minimum absolute atomic E-state index is 0.00175. The van der Waals surface area contributed by atoms with Crippen molar-refractivity contribution in [3.63, 3.8) is 0 Å². The Kier molecular flexibility index (Phi) is 5.05. The van der Waals surface area contributed by atoms with Crippen LogP contribution >= 0.6 is 11.3 Å². The maximum absolute atomic E-state index is 12.6. The molecule has 1 saturated heterocycles. The van der Waals surface area contributed by atoms with Gasteiger partial charge >= 0.3 is 0 Å². The number of carbonyl (C=O) groups excluding carboxylic acids is 1. The van der Waals surface area contributed by atoms with Crippen LogP contribution in [0.3, 0.4) is 0 Å². The van der Waals surface area contributed by atoms with Crippen molar-refractivity contribution in [3.05, 3.63) is 59.3 Å². The highest BCUT2D eigenvalue weighted by Crippen LogP contribution is 2.31. The topological polar surface area (TPSA) is 49.6 Å². The minimum Gasteiger partial charge on any atom is -0.351 e. The standard InChI is InChI=1S/C24H26N4OS/c1-16-5-7-19(17(2)13-16)20-15-28-21-8-6-18(14-22(21)30-24(28)26-20)23(29)25-9-12-27-10-3-4-11-27/h5-8,13-15H,3-4,9-12H2,1-2H3,(H,25,29). The first kappa shape index (κ1) is 19.3. The second-order valence-corrected chi connectivity index (χ2v) is 9.20. The molecular weight excluding hydrogens is 392 g/mol. The van der Waals surface area contributed by atoms with E-state index in [9.17, 15) is 4.79 Å². The number of nitrogens with zero attached hydrogens (tertiary/aromatic N) is 3. The molecule has 0 aliphatic carbocycles. The number of hydrogen-bond donors (Lipinski definition) is 1. The van der Waals surface area contributed by atoms with Gasteiger partial charge in [0, 0.05) is 30.4 Å². The van der Waals surface area contributed by atoms with Crippen molar-refractivity contribution in [1.82, 2.24) is 19.6 Å². The Hall–Kier alpha value is -2.70. The Morgan fingerprint density at radius 1 is 1.13 bits per heavy atom. The SMILES string of the molecule is Cc1ccc(-c2cn3c(n2)sc2cc(C(=O)NCCN4CCCC4)ccc23)c(C)c1. The Morgan fingerprint density at radius 3 is 2.77 bits per heavy atom. The van der Waals surface area contributed by atoms with Crippen LogP contribution in [0.25, 0.3) is 26.4 Å². The summed E-state index contributed by atoms with van der Waals surface area (Å²) in [6.45, 7) is 8.17. The van der Waals surface area contributed by atoms with E-state index in [1.54, 1.807) is 11.3 Å². The Balaban J connectivity index is 1.36. The maximum Gasteiger partial charge on any atom is 0.251 e. The quantitative estimate of drug-likeness (QED) is 0.513. The molecule has 5 rings (SSSR count). The van der Waals surface area contributed by atoms with E-state index in [0.29, 0.717) is 12.1 Å². The maximum atomic E-state index is 12.6. The number of benzene rings is 2. The van der Waals surface area contributed by atoms with Crippen LogP contribution in [0, 0.1) is 13.8 Å². The van der Waals surface area contributed by atoms with Crippen molar-refractivity contribution in [2.45, 2.75) is 26.7 Å². The second-order valence-electron chi connectivity index (χ2n) is 8.19. The number of imidazole rings is 1. The zero-order valence-corrected chi connectivity index (χ0v) is 18.3. The van der Waals surface area contributed by atoms with Gasteiger partial charge in [-0.25, -0.2) is 4.98 Å². The smallest absolute Gasteiger partial charge is 0.251 e. The summed E-state index contributed by atoms with van der Waals surface area (Å²) in [5.74, 6) is -0.00175. The molecule has 2 aromatic carbocycles. The highest BCUT2D eigenvalue weighted by Gasteiger charge is 2.15. The van der Waals surface area contributed by atoms with Crippen LogP contribution in [0.4, 0.5) is 0 Å². The number of likely N-dealkylation sites (tertiary alicyclic amines) is 1. The van der Waals surface area contributed by atoms with Crippen molar-refractivity contribution in [2.75, 3.05) is 26.2 Å². The highest BCUT2D eigenvalue weighted by atomic mass is 32.1. The van der Waals surface area contributed by atoms with Crippen LogP contribution in [-0.4, -0.2) is 46.4 Å². The lowest BCUT2D eigenvalue weighted by molar-refractivity contribution is 0.0950. The Labute approximate surface area is 180 Å². The van der Waals surface area contributed by atoms with Gasteiger partial charge in [0.15, 0.2) is 4.96 Å². The van der Waals surface area contributed by atoms with Crippen LogP contribution in [-0.2, 0) is 0 Å². The summed E-state index contributed by atoms with van der Waals surface area (Å²) in [4.78, 5) is 20.8. The van der Waals surface area contributed by atoms with E-state index >= 15 is 0 Å². The summed E-state index contributed by atoms with van der Waals surface area (Å²) in [6, 6.07) is 12.4. The third kappa shape index (κ3) is 3.61. The number of hydrogen-bond acceptors (Lipinski definition) is 4. The van der Waals surface area contributed by atoms with Gasteiger partial charge in [-0.05, 0) is 63.5 Å². The summed E-state index contributed by atoms with van der Waals surface area (Å²) in [6.07, 6.45) is 4.65. The Bertz CT molecular complexity index is 1230. The number of amides is 1. The fraction of sp³-hybridized carbons (Fsp3) is 0.333. The van der Waals surface area contributed by atoms with Crippen LogP contribution in [0.5, 0.6) is 0 Å². The fourth-order valence-electron chi connectivity index (χ4n) is 4.31. The normalized spacial score (nSPS) is 14.7. The molecule has 1 fully saturated rings. The van der Waals surface area contributed by atoms with Gasteiger partial charge in [-0.1, -0.05) is 35.1 Å². The third-order valence-electron chi connectivity index (χ3n) is 5.93. The van der Waals surface area contributed by atoms with E-state index in [-0.39, 0.29) is 5.91 Å². The predicted molar refractivity (Wildman–Crippen MR) is 123 cm³/mol. The van der Waals surface area contributed by atoms with Gasteiger partial charge in [-0.2, -0.15) is 0 Å². The van der Waals surface area contributed by atoms with E-state index in [4.69, 9.17) is 4.98 Å².